The Bertz CT molecular complexity index is 243. The van der Waals surface area contributed by atoms with Gasteiger partial charge in [-0.15, -0.1) is 0 Å². The second kappa shape index (κ2) is 3.61. The monoisotopic (exact) mass is 163 g/mol. The molecule has 1 aromatic rings. The molecule has 66 valence electrons. The third-order valence-electron chi connectivity index (χ3n) is 1.91. The van der Waals surface area contributed by atoms with Crippen LogP contribution in [0.4, 0.5) is 5.69 Å². The van der Waals surface area contributed by atoms with Crippen molar-refractivity contribution in [1.29, 1.82) is 0 Å². The van der Waals surface area contributed by atoms with Crippen LogP contribution < -0.4 is 5.32 Å². The summed E-state index contributed by atoms with van der Waals surface area (Å²) in [6.45, 7) is 8.59. The first-order valence-electron chi connectivity index (χ1n) is 4.44. The Morgan fingerprint density at radius 1 is 1.08 bits per heavy atom. The molecule has 0 aliphatic carbocycles. The summed E-state index contributed by atoms with van der Waals surface area (Å²) in [5, 5.41) is 3.44. The molecule has 1 aromatic carbocycles. The summed E-state index contributed by atoms with van der Waals surface area (Å²) in [5.41, 5.74) is 3.93. The van der Waals surface area contributed by atoms with Crippen LogP contribution in [0.5, 0.6) is 0 Å². The van der Waals surface area contributed by atoms with Crippen LogP contribution in [-0.4, -0.2) is 6.04 Å². The quantitative estimate of drug-likeness (QED) is 0.706. The maximum atomic E-state index is 3.44. The molecule has 0 unspecified atom stereocenters. The number of hydrogen-bond donors (Lipinski definition) is 1. The number of anilines is 1. The van der Waals surface area contributed by atoms with Crippen LogP contribution in [-0.2, 0) is 0 Å². The maximum Gasteiger partial charge on any atom is 0.0401 e. The summed E-state index contributed by atoms with van der Waals surface area (Å²) in [7, 11) is 0. The molecule has 0 heterocycles. The Morgan fingerprint density at radius 2 is 1.58 bits per heavy atom. The fourth-order valence-corrected chi connectivity index (χ4v) is 1.33. The number of hydrogen-bond acceptors (Lipinski definition) is 1. The molecule has 0 amide bonds. The molecule has 0 radical (unpaired) electrons. The lowest BCUT2D eigenvalue weighted by Gasteiger charge is -2.15. The molecule has 1 heteroatoms. The molecule has 1 nitrogen and oxygen atoms in total. The van der Waals surface area contributed by atoms with E-state index in [0.717, 1.165) is 0 Å². The summed E-state index contributed by atoms with van der Waals surface area (Å²) in [6, 6.07) is 6.87. The van der Waals surface area contributed by atoms with Gasteiger partial charge in [0.1, 0.15) is 0 Å². The van der Waals surface area contributed by atoms with Crippen LogP contribution in [0.1, 0.15) is 25.0 Å². The van der Waals surface area contributed by atoms with Gasteiger partial charge in [-0.25, -0.2) is 0 Å². The van der Waals surface area contributed by atoms with Gasteiger partial charge in [0.05, 0.1) is 0 Å². The molecular weight excluding hydrogens is 146 g/mol. The van der Waals surface area contributed by atoms with Crippen molar-refractivity contribution >= 4 is 5.69 Å². The van der Waals surface area contributed by atoms with E-state index >= 15 is 0 Å². The minimum absolute atomic E-state index is 0.504. The van der Waals surface area contributed by atoms with Crippen LogP contribution in [0.3, 0.4) is 0 Å². The number of para-hydroxylation sites is 1. The molecule has 0 fully saturated rings. The smallest absolute Gasteiger partial charge is 0.0401 e. The maximum absolute atomic E-state index is 3.44. The molecular formula is C11H17N. The first-order valence-corrected chi connectivity index (χ1v) is 4.44. The van der Waals surface area contributed by atoms with E-state index in [4.69, 9.17) is 0 Å². The van der Waals surface area contributed by atoms with Gasteiger partial charge in [0.25, 0.3) is 0 Å². The largest absolute Gasteiger partial charge is 0.382 e. The summed E-state index contributed by atoms with van der Waals surface area (Å²) in [6.07, 6.45) is 0. The van der Waals surface area contributed by atoms with Crippen LogP contribution in [0.25, 0.3) is 0 Å². The highest BCUT2D eigenvalue weighted by molar-refractivity contribution is 5.56. The van der Waals surface area contributed by atoms with Crippen molar-refractivity contribution in [1.82, 2.24) is 0 Å². The molecule has 0 bridgehead atoms. The van der Waals surface area contributed by atoms with E-state index in [1.165, 1.54) is 16.8 Å². The van der Waals surface area contributed by atoms with Crippen LogP contribution in [0, 0.1) is 13.8 Å². The molecule has 0 saturated carbocycles. The summed E-state index contributed by atoms with van der Waals surface area (Å²) in [5.74, 6) is 0. The van der Waals surface area contributed by atoms with Gasteiger partial charge in [0.15, 0.2) is 0 Å². The van der Waals surface area contributed by atoms with E-state index in [-0.39, 0.29) is 0 Å². The van der Waals surface area contributed by atoms with E-state index < -0.39 is 0 Å². The number of rotatable bonds is 2. The molecule has 0 saturated heterocycles. The summed E-state index contributed by atoms with van der Waals surface area (Å²) < 4.78 is 0. The molecule has 0 atom stereocenters. The molecule has 1 N–H and O–H groups in total. The highest BCUT2D eigenvalue weighted by Gasteiger charge is 2.01. The van der Waals surface area contributed by atoms with Crippen LogP contribution >= 0.6 is 0 Å². The number of nitrogens with one attached hydrogen (secondary N) is 1. The van der Waals surface area contributed by atoms with Gasteiger partial charge in [-0.05, 0) is 38.8 Å². The van der Waals surface area contributed by atoms with E-state index in [9.17, 15) is 0 Å². The van der Waals surface area contributed by atoms with Crippen LogP contribution in [0.2, 0.25) is 0 Å². The molecule has 12 heavy (non-hydrogen) atoms. The Morgan fingerprint density at radius 3 is 2.00 bits per heavy atom. The first kappa shape index (κ1) is 9.11. The highest BCUT2D eigenvalue weighted by atomic mass is 14.9. The average molecular weight is 163 g/mol. The standard InChI is InChI=1S/C11H17N/c1-8(2)12-11-9(3)6-5-7-10(11)4/h5-8,12H,1-4H3. The van der Waals surface area contributed by atoms with Gasteiger partial charge in [-0.2, -0.15) is 0 Å². The number of aryl methyl sites for hydroxylation is 2. The first-order chi connectivity index (χ1) is 5.61. The predicted molar refractivity (Wildman–Crippen MR) is 54.7 cm³/mol. The van der Waals surface area contributed by atoms with E-state index in [2.05, 4.69) is 51.2 Å². The Balaban J connectivity index is 2.96. The molecule has 0 aliphatic heterocycles. The normalized spacial score (nSPS) is 10.4. The fourth-order valence-electron chi connectivity index (χ4n) is 1.33. The van der Waals surface area contributed by atoms with Gasteiger partial charge < -0.3 is 5.32 Å². The lowest BCUT2D eigenvalue weighted by atomic mass is 10.1. The van der Waals surface area contributed by atoms with Gasteiger partial charge in [-0.1, -0.05) is 18.2 Å². The van der Waals surface area contributed by atoms with Crippen LogP contribution in [0.15, 0.2) is 18.2 Å². The molecule has 0 aliphatic rings. The van der Waals surface area contributed by atoms with Gasteiger partial charge in [0.2, 0.25) is 0 Å². The van der Waals surface area contributed by atoms with E-state index in [1.807, 2.05) is 0 Å². The zero-order valence-corrected chi connectivity index (χ0v) is 8.31. The van der Waals surface area contributed by atoms with E-state index in [1.54, 1.807) is 0 Å². The van der Waals surface area contributed by atoms with Crippen molar-refractivity contribution in [2.45, 2.75) is 33.7 Å². The fraction of sp³-hybridized carbons (Fsp3) is 0.455. The lowest BCUT2D eigenvalue weighted by Crippen LogP contribution is -2.11. The highest BCUT2D eigenvalue weighted by Crippen LogP contribution is 2.19. The third kappa shape index (κ3) is 2.00. The zero-order valence-electron chi connectivity index (χ0n) is 8.31. The predicted octanol–water partition coefficient (Wildman–Crippen LogP) is 3.12. The Labute approximate surface area is 74.8 Å². The van der Waals surface area contributed by atoms with Crippen molar-refractivity contribution in [3.05, 3.63) is 29.3 Å². The SMILES string of the molecule is Cc1cccc(C)c1NC(C)C. The Hall–Kier alpha value is -0.980. The average Bonchev–Trinajstić information content (AvgIpc) is 1.97. The van der Waals surface area contributed by atoms with E-state index in [0.29, 0.717) is 6.04 Å². The van der Waals surface area contributed by atoms with Crippen molar-refractivity contribution in [2.24, 2.45) is 0 Å². The molecule has 0 spiro atoms. The van der Waals surface area contributed by atoms with Crippen molar-refractivity contribution < 1.29 is 0 Å². The topological polar surface area (TPSA) is 12.0 Å². The Kier molecular flexibility index (Phi) is 2.74. The van der Waals surface area contributed by atoms with Crippen molar-refractivity contribution in [3.63, 3.8) is 0 Å². The lowest BCUT2D eigenvalue weighted by molar-refractivity contribution is 0.895. The zero-order chi connectivity index (χ0) is 9.14. The minimum Gasteiger partial charge on any atom is -0.382 e. The van der Waals surface area contributed by atoms with Gasteiger partial charge in [0, 0.05) is 11.7 Å². The molecule has 0 aromatic heterocycles. The van der Waals surface area contributed by atoms with Crippen molar-refractivity contribution in [3.8, 4) is 0 Å². The number of benzene rings is 1. The van der Waals surface area contributed by atoms with Gasteiger partial charge >= 0.3 is 0 Å². The molecule has 1 rings (SSSR count). The summed E-state index contributed by atoms with van der Waals surface area (Å²) in [4.78, 5) is 0. The van der Waals surface area contributed by atoms with Crippen molar-refractivity contribution in [2.75, 3.05) is 5.32 Å². The van der Waals surface area contributed by atoms with Gasteiger partial charge in [-0.3, -0.25) is 0 Å². The second-order valence-electron chi connectivity index (χ2n) is 3.57. The second-order valence-corrected chi connectivity index (χ2v) is 3.57. The minimum atomic E-state index is 0.504. The third-order valence-corrected chi connectivity index (χ3v) is 1.91. The summed E-state index contributed by atoms with van der Waals surface area (Å²) >= 11 is 0.